The molecular formula is C12H9BrN2O. The van der Waals surface area contributed by atoms with E-state index in [1.807, 2.05) is 25.1 Å². The van der Waals surface area contributed by atoms with Crippen molar-refractivity contribution in [1.29, 1.82) is 5.26 Å². The number of aromatic nitrogens is 1. The van der Waals surface area contributed by atoms with Gasteiger partial charge < -0.3 is 4.98 Å². The van der Waals surface area contributed by atoms with Gasteiger partial charge >= 0.3 is 0 Å². The molecule has 16 heavy (non-hydrogen) atoms. The second-order valence-corrected chi connectivity index (χ2v) is 4.50. The molecule has 2 rings (SSSR count). The summed E-state index contributed by atoms with van der Waals surface area (Å²) in [6.45, 7) is 1.82. The SMILES string of the molecule is Cc1[nH]c2ccc(Br)cc2c(=O)c1CC#N. The average molecular weight is 277 g/mol. The van der Waals surface area contributed by atoms with Crippen molar-refractivity contribution >= 4 is 26.8 Å². The second kappa shape index (κ2) is 4.11. The van der Waals surface area contributed by atoms with Gasteiger partial charge in [0.05, 0.1) is 12.5 Å². The summed E-state index contributed by atoms with van der Waals surface area (Å²) in [7, 11) is 0. The van der Waals surface area contributed by atoms with E-state index < -0.39 is 0 Å². The highest BCUT2D eigenvalue weighted by atomic mass is 79.9. The van der Waals surface area contributed by atoms with Gasteiger partial charge in [-0.05, 0) is 25.1 Å². The molecule has 0 aliphatic rings. The number of aryl methyl sites for hydroxylation is 1. The summed E-state index contributed by atoms with van der Waals surface area (Å²) in [5.41, 5.74) is 2.05. The van der Waals surface area contributed by atoms with Crippen molar-refractivity contribution in [2.75, 3.05) is 0 Å². The van der Waals surface area contributed by atoms with E-state index >= 15 is 0 Å². The maximum Gasteiger partial charge on any atom is 0.193 e. The van der Waals surface area contributed by atoms with E-state index in [1.54, 1.807) is 6.07 Å². The first-order chi connectivity index (χ1) is 7.63. The number of hydrogen-bond acceptors (Lipinski definition) is 2. The number of benzene rings is 1. The van der Waals surface area contributed by atoms with Gasteiger partial charge in [0, 0.05) is 26.6 Å². The van der Waals surface area contributed by atoms with Crippen LogP contribution < -0.4 is 5.43 Å². The van der Waals surface area contributed by atoms with E-state index in [2.05, 4.69) is 20.9 Å². The van der Waals surface area contributed by atoms with Gasteiger partial charge in [0.25, 0.3) is 0 Å². The monoisotopic (exact) mass is 276 g/mol. The molecule has 0 spiro atoms. The van der Waals surface area contributed by atoms with Gasteiger partial charge in [-0.15, -0.1) is 0 Å². The fourth-order valence-electron chi connectivity index (χ4n) is 1.72. The minimum atomic E-state index is -0.0610. The Hall–Kier alpha value is -1.60. The van der Waals surface area contributed by atoms with Gasteiger partial charge in [-0.1, -0.05) is 15.9 Å². The maximum atomic E-state index is 12.1. The summed E-state index contributed by atoms with van der Waals surface area (Å²) in [6.07, 6.45) is 0.142. The molecule has 0 atom stereocenters. The number of aromatic amines is 1. The van der Waals surface area contributed by atoms with Crippen molar-refractivity contribution in [3.63, 3.8) is 0 Å². The summed E-state index contributed by atoms with van der Waals surface area (Å²) in [5.74, 6) is 0. The highest BCUT2D eigenvalue weighted by Crippen LogP contribution is 2.17. The molecule has 0 aliphatic carbocycles. The molecule has 2 aromatic rings. The number of fused-ring (bicyclic) bond motifs is 1. The van der Waals surface area contributed by atoms with E-state index in [4.69, 9.17) is 5.26 Å². The summed E-state index contributed by atoms with van der Waals surface area (Å²) in [6, 6.07) is 7.51. The van der Waals surface area contributed by atoms with Gasteiger partial charge in [-0.25, -0.2) is 0 Å². The Morgan fingerprint density at radius 3 is 2.94 bits per heavy atom. The number of rotatable bonds is 1. The minimum Gasteiger partial charge on any atom is -0.358 e. The highest BCUT2D eigenvalue weighted by Gasteiger charge is 2.08. The number of halogens is 1. The lowest BCUT2D eigenvalue weighted by molar-refractivity contribution is 1.12. The number of hydrogen-bond donors (Lipinski definition) is 1. The van der Waals surface area contributed by atoms with E-state index in [9.17, 15) is 4.79 Å². The third kappa shape index (κ3) is 1.74. The molecule has 3 nitrogen and oxygen atoms in total. The Morgan fingerprint density at radius 1 is 1.50 bits per heavy atom. The van der Waals surface area contributed by atoms with Gasteiger partial charge in [-0.3, -0.25) is 4.79 Å². The van der Waals surface area contributed by atoms with Crippen LogP contribution in [0, 0.1) is 18.3 Å². The van der Waals surface area contributed by atoms with Crippen molar-refractivity contribution in [2.45, 2.75) is 13.3 Å². The number of nitriles is 1. The first kappa shape index (κ1) is 10.9. The zero-order valence-electron chi connectivity index (χ0n) is 8.67. The van der Waals surface area contributed by atoms with Crippen LogP contribution in [0.4, 0.5) is 0 Å². The fraction of sp³-hybridized carbons (Fsp3) is 0.167. The number of pyridine rings is 1. The van der Waals surface area contributed by atoms with Crippen LogP contribution in [0.1, 0.15) is 11.3 Å². The van der Waals surface area contributed by atoms with Crippen molar-refractivity contribution in [3.05, 3.63) is 44.2 Å². The van der Waals surface area contributed by atoms with Crippen molar-refractivity contribution in [3.8, 4) is 6.07 Å². The summed E-state index contributed by atoms with van der Waals surface area (Å²) < 4.78 is 0.859. The quantitative estimate of drug-likeness (QED) is 0.871. The molecule has 4 heteroatoms. The van der Waals surface area contributed by atoms with Crippen LogP contribution in [0.15, 0.2) is 27.5 Å². The van der Waals surface area contributed by atoms with E-state index in [1.165, 1.54) is 0 Å². The predicted molar refractivity (Wildman–Crippen MR) is 66.3 cm³/mol. The Labute approximate surface area is 101 Å². The topological polar surface area (TPSA) is 56.6 Å². The maximum absolute atomic E-state index is 12.1. The predicted octanol–water partition coefficient (Wildman–Crippen LogP) is 2.67. The first-order valence-corrected chi connectivity index (χ1v) is 5.60. The number of nitrogens with zero attached hydrogens (tertiary/aromatic N) is 1. The lowest BCUT2D eigenvalue weighted by atomic mass is 10.1. The molecule has 1 aromatic heterocycles. The standard InChI is InChI=1S/C12H9BrN2O/c1-7-9(4-5-14)12(16)10-6-8(13)2-3-11(10)15-7/h2-3,6H,4H2,1H3,(H,15,16). The molecule has 0 saturated carbocycles. The molecule has 0 saturated heterocycles. The summed E-state index contributed by atoms with van der Waals surface area (Å²) in [5, 5.41) is 9.30. The van der Waals surface area contributed by atoms with Crippen LogP contribution in [0.5, 0.6) is 0 Å². The van der Waals surface area contributed by atoms with Crippen molar-refractivity contribution in [2.24, 2.45) is 0 Å². The Kier molecular flexibility index (Phi) is 2.80. The molecule has 1 aromatic carbocycles. The minimum absolute atomic E-state index is 0.0610. The lowest BCUT2D eigenvalue weighted by Gasteiger charge is -2.05. The molecule has 1 N–H and O–H groups in total. The fourth-order valence-corrected chi connectivity index (χ4v) is 2.08. The third-order valence-electron chi connectivity index (χ3n) is 2.53. The number of H-pyrrole nitrogens is 1. The molecule has 1 heterocycles. The van der Waals surface area contributed by atoms with Gasteiger partial charge in [0.15, 0.2) is 5.43 Å². The molecule has 0 amide bonds. The van der Waals surface area contributed by atoms with Gasteiger partial charge in [-0.2, -0.15) is 5.26 Å². The lowest BCUT2D eigenvalue weighted by Crippen LogP contribution is -2.12. The van der Waals surface area contributed by atoms with Crippen LogP contribution in [0.3, 0.4) is 0 Å². The summed E-state index contributed by atoms with van der Waals surface area (Å²) >= 11 is 3.33. The van der Waals surface area contributed by atoms with Crippen molar-refractivity contribution < 1.29 is 0 Å². The van der Waals surface area contributed by atoms with Crippen LogP contribution in [-0.4, -0.2) is 4.98 Å². The molecular weight excluding hydrogens is 268 g/mol. The van der Waals surface area contributed by atoms with Crippen LogP contribution in [0.2, 0.25) is 0 Å². The Morgan fingerprint density at radius 2 is 2.25 bits per heavy atom. The molecule has 0 fully saturated rings. The number of nitrogens with one attached hydrogen (secondary N) is 1. The normalized spacial score (nSPS) is 10.3. The van der Waals surface area contributed by atoms with E-state index in [-0.39, 0.29) is 11.8 Å². The van der Waals surface area contributed by atoms with Crippen molar-refractivity contribution in [1.82, 2.24) is 4.98 Å². The molecule has 0 radical (unpaired) electrons. The largest absolute Gasteiger partial charge is 0.358 e. The summed E-state index contributed by atoms with van der Waals surface area (Å²) in [4.78, 5) is 15.2. The second-order valence-electron chi connectivity index (χ2n) is 3.58. The molecule has 0 aliphatic heterocycles. The van der Waals surface area contributed by atoms with E-state index in [0.717, 1.165) is 15.7 Å². The average Bonchev–Trinajstić information content (AvgIpc) is 2.26. The highest BCUT2D eigenvalue weighted by molar-refractivity contribution is 9.10. The van der Waals surface area contributed by atoms with Crippen LogP contribution in [-0.2, 0) is 6.42 Å². The molecule has 0 unspecified atom stereocenters. The molecule has 80 valence electrons. The third-order valence-corrected chi connectivity index (χ3v) is 3.02. The smallest absolute Gasteiger partial charge is 0.193 e. The first-order valence-electron chi connectivity index (χ1n) is 4.81. The van der Waals surface area contributed by atoms with Crippen LogP contribution in [0.25, 0.3) is 10.9 Å². The Balaban J connectivity index is 2.86. The van der Waals surface area contributed by atoms with Gasteiger partial charge in [0.1, 0.15) is 0 Å². The zero-order chi connectivity index (χ0) is 11.7. The van der Waals surface area contributed by atoms with E-state index in [0.29, 0.717) is 10.9 Å². The van der Waals surface area contributed by atoms with Crippen LogP contribution >= 0.6 is 15.9 Å². The zero-order valence-corrected chi connectivity index (χ0v) is 10.3. The Bertz CT molecular complexity index is 652. The molecule has 0 bridgehead atoms. The van der Waals surface area contributed by atoms with Gasteiger partial charge in [0.2, 0.25) is 0 Å².